The van der Waals surface area contributed by atoms with Crippen LogP contribution in [0, 0.1) is 15.0 Å². The molecule has 80 valence electrons. The van der Waals surface area contributed by atoms with Crippen molar-refractivity contribution in [3.05, 3.63) is 26.6 Å². The highest BCUT2D eigenvalue weighted by molar-refractivity contribution is 14.1. The van der Waals surface area contributed by atoms with Gasteiger partial charge in [-0.2, -0.15) is 5.26 Å². The van der Waals surface area contributed by atoms with E-state index in [4.69, 9.17) is 5.26 Å². The summed E-state index contributed by atoms with van der Waals surface area (Å²) in [7, 11) is 0. The third-order valence-corrected chi connectivity index (χ3v) is 2.91. The Bertz CT molecular complexity index is 404. The Morgan fingerprint density at radius 2 is 2.27 bits per heavy atom. The average molecular weight is 387 g/mol. The minimum absolute atomic E-state index is 0.0372. The average Bonchev–Trinajstić information content (AvgIpc) is 2.19. The molecule has 0 saturated carbocycles. The van der Waals surface area contributed by atoms with Gasteiger partial charge >= 0.3 is 0 Å². The van der Waals surface area contributed by atoms with E-state index in [1.54, 1.807) is 0 Å². The Kier molecular flexibility index (Phi) is 4.86. The van der Waals surface area contributed by atoms with Crippen LogP contribution in [0.4, 0.5) is 8.78 Å². The summed E-state index contributed by atoms with van der Waals surface area (Å²) in [6.45, 7) is 0. The number of aromatic nitrogens is 1. The SMILES string of the molecule is N#CCc1c(C(F)F)cc(I)nc1CBr. The Morgan fingerprint density at radius 3 is 2.73 bits per heavy atom. The zero-order valence-corrected chi connectivity index (χ0v) is 11.2. The third-order valence-electron chi connectivity index (χ3n) is 1.83. The Balaban J connectivity index is 3.34. The number of halogens is 4. The van der Waals surface area contributed by atoms with E-state index in [0.29, 0.717) is 20.3 Å². The van der Waals surface area contributed by atoms with Crippen LogP contribution in [0.3, 0.4) is 0 Å². The van der Waals surface area contributed by atoms with Crippen LogP contribution < -0.4 is 0 Å². The van der Waals surface area contributed by atoms with E-state index in [0.717, 1.165) is 0 Å². The van der Waals surface area contributed by atoms with Crippen molar-refractivity contribution in [2.24, 2.45) is 0 Å². The molecule has 0 saturated heterocycles. The van der Waals surface area contributed by atoms with Crippen LogP contribution in [0.1, 0.15) is 23.2 Å². The molecule has 1 aromatic rings. The topological polar surface area (TPSA) is 36.7 Å². The van der Waals surface area contributed by atoms with E-state index in [2.05, 4.69) is 20.9 Å². The molecule has 0 radical (unpaired) electrons. The van der Waals surface area contributed by atoms with E-state index < -0.39 is 6.43 Å². The second kappa shape index (κ2) is 5.70. The lowest BCUT2D eigenvalue weighted by molar-refractivity contribution is 0.150. The molecule has 1 aromatic heterocycles. The van der Waals surface area contributed by atoms with Gasteiger partial charge in [0.25, 0.3) is 6.43 Å². The summed E-state index contributed by atoms with van der Waals surface area (Å²) >= 11 is 5.06. The fourth-order valence-electron chi connectivity index (χ4n) is 1.20. The maximum Gasteiger partial charge on any atom is 0.264 e. The molecule has 0 amide bonds. The van der Waals surface area contributed by atoms with E-state index in [1.807, 2.05) is 28.7 Å². The van der Waals surface area contributed by atoms with E-state index in [9.17, 15) is 8.78 Å². The smallest absolute Gasteiger partial charge is 0.246 e. The fourth-order valence-corrected chi connectivity index (χ4v) is 2.29. The largest absolute Gasteiger partial charge is 0.264 e. The van der Waals surface area contributed by atoms with Crippen LogP contribution in [0.25, 0.3) is 0 Å². The third kappa shape index (κ3) is 3.08. The lowest BCUT2D eigenvalue weighted by Gasteiger charge is -2.10. The van der Waals surface area contributed by atoms with Gasteiger partial charge < -0.3 is 0 Å². The lowest BCUT2D eigenvalue weighted by atomic mass is 10.1. The van der Waals surface area contributed by atoms with Gasteiger partial charge in [0.05, 0.1) is 18.2 Å². The maximum absolute atomic E-state index is 12.7. The number of nitrogens with zero attached hydrogens (tertiary/aromatic N) is 2. The van der Waals surface area contributed by atoms with Gasteiger partial charge in [0, 0.05) is 10.9 Å². The molecular formula is C9H6BrF2IN2. The lowest BCUT2D eigenvalue weighted by Crippen LogP contribution is -2.03. The predicted octanol–water partition coefficient (Wildman–Crippen LogP) is 3.58. The molecule has 0 aliphatic carbocycles. The first-order chi connectivity index (χ1) is 7.10. The summed E-state index contributed by atoms with van der Waals surface area (Å²) in [5.41, 5.74) is 0.758. The minimum atomic E-state index is -2.57. The molecule has 1 heterocycles. The van der Waals surface area contributed by atoms with E-state index in [-0.39, 0.29) is 12.0 Å². The van der Waals surface area contributed by atoms with Crippen LogP contribution in [-0.4, -0.2) is 4.98 Å². The van der Waals surface area contributed by atoms with Crippen molar-refractivity contribution in [3.8, 4) is 6.07 Å². The van der Waals surface area contributed by atoms with Gasteiger partial charge in [0.2, 0.25) is 0 Å². The molecule has 2 nitrogen and oxygen atoms in total. The molecule has 0 N–H and O–H groups in total. The molecule has 6 heteroatoms. The molecule has 1 rings (SSSR count). The predicted molar refractivity (Wildman–Crippen MR) is 63.9 cm³/mol. The maximum atomic E-state index is 12.7. The van der Waals surface area contributed by atoms with Crippen molar-refractivity contribution >= 4 is 38.5 Å². The Labute approximate surface area is 108 Å². The summed E-state index contributed by atoms with van der Waals surface area (Å²) in [5.74, 6) is 0. The summed E-state index contributed by atoms with van der Waals surface area (Å²) in [6, 6.07) is 3.20. The number of hydrogen-bond acceptors (Lipinski definition) is 2. The monoisotopic (exact) mass is 386 g/mol. The number of hydrogen-bond donors (Lipinski definition) is 0. The summed E-state index contributed by atoms with van der Waals surface area (Å²) in [4.78, 5) is 4.11. The number of nitriles is 1. The highest BCUT2D eigenvalue weighted by Gasteiger charge is 2.17. The molecule has 15 heavy (non-hydrogen) atoms. The van der Waals surface area contributed by atoms with Crippen molar-refractivity contribution in [1.29, 1.82) is 5.26 Å². The molecular weight excluding hydrogens is 381 g/mol. The van der Waals surface area contributed by atoms with Crippen molar-refractivity contribution in [3.63, 3.8) is 0 Å². The Hall–Kier alpha value is -0.290. The molecule has 0 aromatic carbocycles. The molecule has 0 unspecified atom stereocenters. The van der Waals surface area contributed by atoms with Crippen molar-refractivity contribution in [2.45, 2.75) is 18.2 Å². The first-order valence-corrected chi connectivity index (χ1v) is 6.19. The zero-order valence-electron chi connectivity index (χ0n) is 7.48. The van der Waals surface area contributed by atoms with Gasteiger partial charge in [-0.3, -0.25) is 0 Å². The minimum Gasteiger partial charge on any atom is -0.246 e. The van der Waals surface area contributed by atoms with Gasteiger partial charge in [-0.25, -0.2) is 13.8 Å². The first kappa shape index (κ1) is 12.8. The number of pyridine rings is 1. The number of rotatable bonds is 3. The van der Waals surface area contributed by atoms with Crippen molar-refractivity contribution in [2.75, 3.05) is 0 Å². The standard InChI is InChI=1S/C9H6BrF2IN2/c10-4-7-5(1-2-14)6(9(11)12)3-8(13)15-7/h3,9H,1,4H2. The zero-order chi connectivity index (χ0) is 11.4. The summed E-state index contributed by atoms with van der Waals surface area (Å²) in [6.07, 6.45) is -2.60. The molecule has 0 atom stereocenters. The van der Waals surface area contributed by atoms with Gasteiger partial charge in [-0.1, -0.05) is 15.9 Å². The van der Waals surface area contributed by atoms with Crippen molar-refractivity contribution in [1.82, 2.24) is 4.98 Å². The van der Waals surface area contributed by atoms with Crippen LogP contribution in [-0.2, 0) is 11.8 Å². The van der Waals surface area contributed by atoms with E-state index >= 15 is 0 Å². The van der Waals surface area contributed by atoms with Crippen LogP contribution in [0.2, 0.25) is 0 Å². The van der Waals surface area contributed by atoms with Gasteiger partial charge in [0.1, 0.15) is 3.70 Å². The van der Waals surface area contributed by atoms with Crippen LogP contribution in [0.15, 0.2) is 6.07 Å². The molecule has 0 bridgehead atoms. The Morgan fingerprint density at radius 1 is 1.60 bits per heavy atom. The second-order valence-electron chi connectivity index (χ2n) is 2.73. The van der Waals surface area contributed by atoms with Gasteiger partial charge in [-0.15, -0.1) is 0 Å². The van der Waals surface area contributed by atoms with Crippen LogP contribution >= 0.6 is 38.5 Å². The normalized spacial score (nSPS) is 10.4. The summed E-state index contributed by atoms with van der Waals surface area (Å²) in [5, 5.41) is 8.95. The summed E-state index contributed by atoms with van der Waals surface area (Å²) < 4.78 is 25.9. The number of alkyl halides is 3. The van der Waals surface area contributed by atoms with Crippen molar-refractivity contribution < 1.29 is 8.78 Å². The molecule has 0 fully saturated rings. The molecule has 0 aliphatic rings. The highest BCUT2D eigenvalue weighted by Crippen LogP contribution is 2.27. The quantitative estimate of drug-likeness (QED) is 0.452. The fraction of sp³-hybridized carbons (Fsp3) is 0.333. The van der Waals surface area contributed by atoms with E-state index in [1.165, 1.54) is 6.07 Å². The van der Waals surface area contributed by atoms with Gasteiger partial charge in [-0.05, 0) is 34.2 Å². The molecule has 0 aliphatic heterocycles. The first-order valence-electron chi connectivity index (χ1n) is 3.99. The van der Waals surface area contributed by atoms with Gasteiger partial charge in [0.15, 0.2) is 0 Å². The second-order valence-corrected chi connectivity index (χ2v) is 4.39. The van der Waals surface area contributed by atoms with Crippen LogP contribution in [0.5, 0.6) is 0 Å². The highest BCUT2D eigenvalue weighted by atomic mass is 127. The molecule has 0 spiro atoms.